The summed E-state index contributed by atoms with van der Waals surface area (Å²) in [5.74, 6) is -1.98. The van der Waals surface area contributed by atoms with Crippen molar-refractivity contribution in [2.45, 2.75) is 4.90 Å². The molecule has 0 bridgehead atoms. The molecule has 0 spiro atoms. The molecule has 3 aromatic carbocycles. The summed E-state index contributed by atoms with van der Waals surface area (Å²) < 4.78 is 40.5. The number of benzene rings is 3. The number of hydrogen-bond donors (Lipinski definition) is 2. The molecule has 30 heavy (non-hydrogen) atoms. The fraction of sp³-hybridized carbons (Fsp3) is 0.0476. The minimum absolute atomic E-state index is 0.0281. The van der Waals surface area contributed by atoms with E-state index >= 15 is 0 Å². The second-order valence-corrected chi connectivity index (χ2v) is 8.12. The maximum absolute atomic E-state index is 13.3. The number of sulfonamides is 1. The van der Waals surface area contributed by atoms with Crippen molar-refractivity contribution in [2.75, 3.05) is 16.2 Å². The minimum Gasteiger partial charge on any atom is -0.366 e. The zero-order valence-corrected chi connectivity index (χ0v) is 16.5. The molecule has 0 aliphatic carbocycles. The van der Waals surface area contributed by atoms with Crippen LogP contribution < -0.4 is 15.4 Å². The first-order valence-electron chi connectivity index (χ1n) is 8.81. The summed E-state index contributed by atoms with van der Waals surface area (Å²) >= 11 is 0. The van der Waals surface area contributed by atoms with Gasteiger partial charge in [-0.05, 0) is 48.5 Å². The van der Waals surface area contributed by atoms with Crippen molar-refractivity contribution in [2.24, 2.45) is 5.73 Å². The molecule has 2 amide bonds. The zero-order valence-electron chi connectivity index (χ0n) is 15.7. The number of amides is 2. The van der Waals surface area contributed by atoms with E-state index in [9.17, 15) is 22.4 Å². The van der Waals surface area contributed by atoms with E-state index < -0.39 is 34.2 Å². The molecule has 0 radical (unpaired) electrons. The Bertz CT molecular complexity index is 1170. The number of carbonyl (C=O) groups excluding carboxylic acids is 2. The highest BCUT2D eigenvalue weighted by Gasteiger charge is 2.27. The molecule has 3 aromatic rings. The van der Waals surface area contributed by atoms with E-state index in [2.05, 4.69) is 5.32 Å². The van der Waals surface area contributed by atoms with Crippen molar-refractivity contribution >= 4 is 33.2 Å². The van der Waals surface area contributed by atoms with Gasteiger partial charge in [0.2, 0.25) is 5.91 Å². The SMILES string of the molecule is NC(=O)c1ccccc1NC(=O)CN(c1ccc(F)cc1)S(=O)(=O)c1ccccc1. The van der Waals surface area contributed by atoms with E-state index in [1.807, 2.05) is 0 Å². The summed E-state index contributed by atoms with van der Waals surface area (Å²) in [6, 6.07) is 18.4. The highest BCUT2D eigenvalue weighted by atomic mass is 32.2. The molecular formula is C21H18FN3O4S. The lowest BCUT2D eigenvalue weighted by Gasteiger charge is -2.24. The fourth-order valence-electron chi connectivity index (χ4n) is 2.77. The van der Waals surface area contributed by atoms with E-state index in [0.717, 1.165) is 16.4 Å². The topological polar surface area (TPSA) is 110 Å². The molecule has 0 fully saturated rings. The Balaban J connectivity index is 1.95. The smallest absolute Gasteiger partial charge is 0.264 e. The number of anilines is 2. The van der Waals surface area contributed by atoms with E-state index in [1.165, 1.54) is 36.4 Å². The third-order valence-corrected chi connectivity index (χ3v) is 5.99. The largest absolute Gasteiger partial charge is 0.366 e. The minimum atomic E-state index is -4.12. The number of nitrogens with two attached hydrogens (primary N) is 1. The maximum Gasteiger partial charge on any atom is 0.264 e. The van der Waals surface area contributed by atoms with E-state index in [-0.39, 0.29) is 21.8 Å². The molecule has 0 heterocycles. The first kappa shape index (κ1) is 21.0. The van der Waals surface area contributed by atoms with Gasteiger partial charge in [0, 0.05) is 0 Å². The first-order valence-corrected chi connectivity index (χ1v) is 10.2. The lowest BCUT2D eigenvalue weighted by molar-refractivity contribution is -0.114. The summed E-state index contributed by atoms with van der Waals surface area (Å²) in [6.45, 7) is -0.601. The molecule has 0 aliphatic rings. The van der Waals surface area contributed by atoms with Gasteiger partial charge in [-0.2, -0.15) is 0 Å². The van der Waals surface area contributed by atoms with E-state index in [1.54, 1.807) is 30.3 Å². The Morgan fingerprint density at radius 2 is 1.50 bits per heavy atom. The lowest BCUT2D eigenvalue weighted by Crippen LogP contribution is -2.38. The quantitative estimate of drug-likeness (QED) is 0.604. The summed E-state index contributed by atoms with van der Waals surface area (Å²) in [7, 11) is -4.12. The number of carbonyl (C=O) groups is 2. The van der Waals surface area contributed by atoms with Crippen molar-refractivity contribution in [3.63, 3.8) is 0 Å². The van der Waals surface area contributed by atoms with Crippen LogP contribution in [0.5, 0.6) is 0 Å². The predicted octanol–water partition coefficient (Wildman–Crippen LogP) is 2.76. The molecule has 154 valence electrons. The molecule has 0 saturated carbocycles. The van der Waals surface area contributed by atoms with Crippen LogP contribution in [0.2, 0.25) is 0 Å². The number of nitrogens with one attached hydrogen (secondary N) is 1. The second-order valence-electron chi connectivity index (χ2n) is 6.26. The number of nitrogens with zero attached hydrogens (tertiary/aromatic N) is 1. The molecular weight excluding hydrogens is 409 g/mol. The van der Waals surface area contributed by atoms with Gasteiger partial charge >= 0.3 is 0 Å². The Hall–Kier alpha value is -3.72. The van der Waals surface area contributed by atoms with E-state index in [0.29, 0.717) is 0 Å². The van der Waals surface area contributed by atoms with Crippen LogP contribution >= 0.6 is 0 Å². The lowest BCUT2D eigenvalue weighted by atomic mass is 10.1. The van der Waals surface area contributed by atoms with Gasteiger partial charge in [0.15, 0.2) is 0 Å². The number of primary amides is 1. The Kier molecular flexibility index (Phi) is 6.12. The van der Waals surface area contributed by atoms with Crippen LogP contribution in [-0.2, 0) is 14.8 Å². The number of halogens is 1. The summed E-state index contributed by atoms with van der Waals surface area (Å²) in [6.07, 6.45) is 0. The van der Waals surface area contributed by atoms with Crippen LogP contribution in [0.3, 0.4) is 0 Å². The van der Waals surface area contributed by atoms with Gasteiger partial charge in [0.25, 0.3) is 15.9 Å². The summed E-state index contributed by atoms with van der Waals surface area (Å²) in [4.78, 5) is 24.2. The van der Waals surface area contributed by atoms with Gasteiger partial charge in [0.1, 0.15) is 12.4 Å². The molecule has 7 nitrogen and oxygen atoms in total. The average molecular weight is 427 g/mol. The number of para-hydroxylation sites is 1. The Morgan fingerprint density at radius 1 is 0.900 bits per heavy atom. The highest BCUT2D eigenvalue weighted by molar-refractivity contribution is 7.92. The van der Waals surface area contributed by atoms with Gasteiger partial charge in [-0.3, -0.25) is 13.9 Å². The zero-order chi connectivity index (χ0) is 21.7. The van der Waals surface area contributed by atoms with Crippen molar-refractivity contribution in [3.05, 3.63) is 90.2 Å². The van der Waals surface area contributed by atoms with Crippen LogP contribution in [-0.4, -0.2) is 26.8 Å². The molecule has 0 saturated heterocycles. The van der Waals surface area contributed by atoms with Gasteiger partial charge in [-0.25, -0.2) is 12.8 Å². The number of hydrogen-bond acceptors (Lipinski definition) is 4. The molecule has 9 heteroatoms. The number of rotatable bonds is 7. The van der Waals surface area contributed by atoms with Gasteiger partial charge < -0.3 is 11.1 Å². The van der Waals surface area contributed by atoms with Crippen LogP contribution in [0.1, 0.15) is 10.4 Å². The van der Waals surface area contributed by atoms with Crippen molar-refractivity contribution in [3.8, 4) is 0 Å². The summed E-state index contributed by atoms with van der Waals surface area (Å²) in [5.41, 5.74) is 5.67. The predicted molar refractivity (Wildman–Crippen MR) is 111 cm³/mol. The molecule has 3 rings (SSSR count). The van der Waals surface area contributed by atoms with Gasteiger partial charge in [-0.1, -0.05) is 30.3 Å². The maximum atomic E-state index is 13.3. The molecule has 0 aromatic heterocycles. The summed E-state index contributed by atoms with van der Waals surface area (Å²) in [5, 5.41) is 2.51. The van der Waals surface area contributed by atoms with Crippen LogP contribution in [0.25, 0.3) is 0 Å². The van der Waals surface area contributed by atoms with Crippen molar-refractivity contribution in [1.82, 2.24) is 0 Å². The van der Waals surface area contributed by atoms with Gasteiger partial charge in [-0.15, -0.1) is 0 Å². The molecule has 0 atom stereocenters. The van der Waals surface area contributed by atoms with Crippen molar-refractivity contribution in [1.29, 1.82) is 0 Å². The van der Waals surface area contributed by atoms with Crippen LogP contribution in [0.4, 0.5) is 15.8 Å². The monoisotopic (exact) mass is 427 g/mol. The van der Waals surface area contributed by atoms with Gasteiger partial charge in [0.05, 0.1) is 21.8 Å². The Morgan fingerprint density at radius 3 is 2.13 bits per heavy atom. The van der Waals surface area contributed by atoms with Crippen LogP contribution in [0.15, 0.2) is 83.8 Å². The third-order valence-electron chi connectivity index (χ3n) is 4.20. The van der Waals surface area contributed by atoms with Crippen molar-refractivity contribution < 1.29 is 22.4 Å². The molecule has 0 unspecified atom stereocenters. The standard InChI is InChI=1S/C21H18FN3O4S/c22-15-10-12-16(13-11-15)25(30(28,29)17-6-2-1-3-7-17)14-20(26)24-19-9-5-4-8-18(19)21(23)27/h1-13H,14H2,(H2,23,27)(H,24,26). The van der Waals surface area contributed by atoms with Crippen LogP contribution in [0, 0.1) is 5.82 Å². The fourth-order valence-corrected chi connectivity index (χ4v) is 4.21. The highest BCUT2D eigenvalue weighted by Crippen LogP contribution is 2.24. The Labute approximate surface area is 173 Å². The third kappa shape index (κ3) is 4.64. The molecule has 0 aliphatic heterocycles. The average Bonchev–Trinajstić information content (AvgIpc) is 2.73. The second kappa shape index (κ2) is 8.75. The normalized spacial score (nSPS) is 11.0. The first-order chi connectivity index (χ1) is 14.3. The molecule has 3 N–H and O–H groups in total. The van der Waals surface area contributed by atoms with E-state index in [4.69, 9.17) is 5.73 Å².